The molecule has 5 nitrogen and oxygen atoms in total. The van der Waals surface area contributed by atoms with Gasteiger partial charge in [-0.25, -0.2) is 0 Å². The number of anilines is 1. The third kappa shape index (κ3) is 2.65. The maximum absolute atomic E-state index is 11.1. The lowest BCUT2D eigenvalue weighted by Gasteiger charge is -2.19. The molecule has 0 atom stereocenters. The van der Waals surface area contributed by atoms with Crippen molar-refractivity contribution in [2.24, 2.45) is 5.73 Å². The first kappa shape index (κ1) is 14.5. The van der Waals surface area contributed by atoms with Gasteiger partial charge in [0, 0.05) is 30.4 Å². The number of hydrogen-bond acceptors (Lipinski definition) is 4. The van der Waals surface area contributed by atoms with Gasteiger partial charge in [0.2, 0.25) is 5.76 Å². The molecule has 0 fully saturated rings. The van der Waals surface area contributed by atoms with Crippen molar-refractivity contribution < 1.29 is 9.32 Å². The van der Waals surface area contributed by atoms with Gasteiger partial charge in [-0.05, 0) is 23.6 Å². The third-order valence-electron chi connectivity index (χ3n) is 4.36. The summed E-state index contributed by atoms with van der Waals surface area (Å²) in [5, 5.41) is 3.88. The van der Waals surface area contributed by atoms with Crippen molar-refractivity contribution in [2.75, 3.05) is 11.4 Å². The number of para-hydroxylation sites is 1. The van der Waals surface area contributed by atoms with Crippen LogP contribution < -0.4 is 10.6 Å². The topological polar surface area (TPSA) is 72.4 Å². The Morgan fingerprint density at radius 2 is 1.96 bits per heavy atom. The van der Waals surface area contributed by atoms with Gasteiger partial charge < -0.3 is 15.2 Å². The van der Waals surface area contributed by atoms with Crippen LogP contribution in [-0.4, -0.2) is 17.6 Å². The average molecular weight is 319 g/mol. The maximum atomic E-state index is 11.1. The SMILES string of the molecule is NC(=O)c1cc(-c2ccc(CN3CCc4ccccc43)cc2)no1. The van der Waals surface area contributed by atoms with E-state index in [4.69, 9.17) is 10.3 Å². The lowest BCUT2D eigenvalue weighted by molar-refractivity contribution is 0.0965. The van der Waals surface area contributed by atoms with Gasteiger partial charge in [-0.15, -0.1) is 0 Å². The van der Waals surface area contributed by atoms with E-state index in [9.17, 15) is 4.79 Å². The molecule has 2 N–H and O–H groups in total. The largest absolute Gasteiger partial charge is 0.367 e. The summed E-state index contributed by atoms with van der Waals surface area (Å²) in [6, 6.07) is 18.2. The normalized spacial score (nSPS) is 13.1. The number of carbonyl (C=O) groups is 1. The van der Waals surface area contributed by atoms with Crippen molar-refractivity contribution in [1.82, 2.24) is 5.16 Å². The van der Waals surface area contributed by atoms with Gasteiger partial charge in [0.25, 0.3) is 5.91 Å². The second kappa shape index (κ2) is 5.85. The predicted octanol–water partition coefficient (Wildman–Crippen LogP) is 3.00. The summed E-state index contributed by atoms with van der Waals surface area (Å²) in [5.74, 6) is -0.541. The monoisotopic (exact) mass is 319 g/mol. The van der Waals surface area contributed by atoms with E-state index in [0.717, 1.165) is 25.1 Å². The van der Waals surface area contributed by atoms with Crippen molar-refractivity contribution in [3.8, 4) is 11.3 Å². The van der Waals surface area contributed by atoms with Gasteiger partial charge in [-0.3, -0.25) is 4.79 Å². The van der Waals surface area contributed by atoms with Crippen molar-refractivity contribution in [3.63, 3.8) is 0 Å². The summed E-state index contributed by atoms with van der Waals surface area (Å²) in [5.41, 5.74) is 10.7. The van der Waals surface area contributed by atoms with E-state index in [1.54, 1.807) is 6.07 Å². The number of hydrogen-bond donors (Lipinski definition) is 1. The Morgan fingerprint density at radius 3 is 2.71 bits per heavy atom. The number of aromatic nitrogens is 1. The standard InChI is InChI=1S/C19H17N3O2/c20-19(23)18-11-16(21-24-18)14-7-5-13(6-8-14)12-22-10-9-15-3-1-2-4-17(15)22/h1-8,11H,9-10,12H2,(H2,20,23). The predicted molar refractivity (Wildman–Crippen MR) is 91.7 cm³/mol. The zero-order chi connectivity index (χ0) is 16.5. The molecule has 2 aromatic carbocycles. The van der Waals surface area contributed by atoms with E-state index in [1.807, 2.05) is 12.1 Å². The first-order chi connectivity index (χ1) is 11.7. The van der Waals surface area contributed by atoms with Gasteiger partial charge in [-0.2, -0.15) is 0 Å². The zero-order valence-electron chi connectivity index (χ0n) is 13.1. The summed E-state index contributed by atoms with van der Waals surface area (Å²) < 4.78 is 4.92. The number of carbonyl (C=O) groups excluding carboxylic acids is 1. The minimum Gasteiger partial charge on any atom is -0.367 e. The molecule has 0 bridgehead atoms. The third-order valence-corrected chi connectivity index (χ3v) is 4.36. The van der Waals surface area contributed by atoms with Crippen LogP contribution in [0.1, 0.15) is 21.7 Å². The van der Waals surface area contributed by atoms with Crippen molar-refractivity contribution in [3.05, 3.63) is 71.5 Å². The molecular formula is C19H17N3O2. The molecule has 0 aliphatic carbocycles. The van der Waals surface area contributed by atoms with E-state index in [2.05, 4.69) is 46.5 Å². The Labute approximate surface area is 139 Å². The van der Waals surface area contributed by atoms with E-state index >= 15 is 0 Å². The molecule has 3 aromatic rings. The van der Waals surface area contributed by atoms with Gasteiger partial charge in [0.1, 0.15) is 5.69 Å². The van der Waals surface area contributed by atoms with Crippen LogP contribution in [0, 0.1) is 0 Å². The molecule has 1 aliphatic rings. The highest BCUT2D eigenvalue weighted by molar-refractivity contribution is 5.90. The molecule has 5 heteroatoms. The van der Waals surface area contributed by atoms with Crippen LogP contribution in [0.4, 0.5) is 5.69 Å². The lowest BCUT2D eigenvalue weighted by atomic mass is 10.1. The van der Waals surface area contributed by atoms with Crippen molar-refractivity contribution in [1.29, 1.82) is 0 Å². The van der Waals surface area contributed by atoms with Crippen molar-refractivity contribution >= 4 is 11.6 Å². The van der Waals surface area contributed by atoms with Crippen LogP contribution >= 0.6 is 0 Å². The molecule has 4 rings (SSSR count). The fourth-order valence-electron chi connectivity index (χ4n) is 3.10. The zero-order valence-corrected chi connectivity index (χ0v) is 13.1. The molecule has 1 aromatic heterocycles. The average Bonchev–Trinajstić information content (AvgIpc) is 3.24. The first-order valence-corrected chi connectivity index (χ1v) is 7.89. The first-order valence-electron chi connectivity index (χ1n) is 7.89. The van der Waals surface area contributed by atoms with Crippen LogP contribution in [0.2, 0.25) is 0 Å². The van der Waals surface area contributed by atoms with Crippen LogP contribution in [0.3, 0.4) is 0 Å². The van der Waals surface area contributed by atoms with E-state index in [-0.39, 0.29) is 5.76 Å². The second-order valence-corrected chi connectivity index (χ2v) is 5.94. The van der Waals surface area contributed by atoms with Crippen LogP contribution in [0.5, 0.6) is 0 Å². The number of nitrogens with two attached hydrogens (primary N) is 1. The molecule has 1 aliphatic heterocycles. The summed E-state index contributed by atoms with van der Waals surface area (Å²) in [6.45, 7) is 1.93. The number of primary amides is 1. The van der Waals surface area contributed by atoms with Crippen LogP contribution in [0.25, 0.3) is 11.3 Å². The molecule has 0 saturated carbocycles. The summed E-state index contributed by atoms with van der Waals surface area (Å²) in [6.07, 6.45) is 1.10. The molecule has 1 amide bonds. The second-order valence-electron chi connectivity index (χ2n) is 5.94. The minimum absolute atomic E-state index is 0.0720. The van der Waals surface area contributed by atoms with E-state index < -0.39 is 5.91 Å². The van der Waals surface area contributed by atoms with E-state index in [1.165, 1.54) is 16.8 Å². The number of fused-ring (bicyclic) bond motifs is 1. The highest BCUT2D eigenvalue weighted by Crippen LogP contribution is 2.29. The van der Waals surface area contributed by atoms with E-state index in [0.29, 0.717) is 5.69 Å². The fraction of sp³-hybridized carbons (Fsp3) is 0.158. The number of amides is 1. The Balaban J connectivity index is 1.51. The molecule has 0 saturated heterocycles. The number of nitrogens with zero attached hydrogens (tertiary/aromatic N) is 2. The molecule has 2 heterocycles. The van der Waals surface area contributed by atoms with Crippen LogP contribution in [-0.2, 0) is 13.0 Å². The number of rotatable bonds is 4. The summed E-state index contributed by atoms with van der Waals surface area (Å²) >= 11 is 0. The molecule has 0 unspecified atom stereocenters. The Morgan fingerprint density at radius 1 is 1.17 bits per heavy atom. The van der Waals surface area contributed by atoms with Gasteiger partial charge in [0.05, 0.1) is 0 Å². The highest BCUT2D eigenvalue weighted by atomic mass is 16.5. The molecule has 120 valence electrons. The summed E-state index contributed by atoms with van der Waals surface area (Å²) in [4.78, 5) is 13.5. The smallest absolute Gasteiger partial charge is 0.287 e. The molecular weight excluding hydrogens is 302 g/mol. The maximum Gasteiger partial charge on any atom is 0.287 e. The van der Waals surface area contributed by atoms with Gasteiger partial charge in [0.15, 0.2) is 0 Å². The van der Waals surface area contributed by atoms with Crippen LogP contribution in [0.15, 0.2) is 59.1 Å². The molecule has 0 radical (unpaired) electrons. The highest BCUT2D eigenvalue weighted by Gasteiger charge is 2.18. The fourth-order valence-corrected chi connectivity index (χ4v) is 3.10. The quantitative estimate of drug-likeness (QED) is 0.802. The molecule has 24 heavy (non-hydrogen) atoms. The molecule has 0 spiro atoms. The van der Waals surface area contributed by atoms with Gasteiger partial charge >= 0.3 is 0 Å². The lowest BCUT2D eigenvalue weighted by Crippen LogP contribution is -2.19. The Hall–Kier alpha value is -3.08. The minimum atomic E-state index is -0.613. The Kier molecular flexibility index (Phi) is 3.54. The van der Waals surface area contributed by atoms with Gasteiger partial charge in [-0.1, -0.05) is 47.6 Å². The number of benzene rings is 2. The van der Waals surface area contributed by atoms with Crippen molar-refractivity contribution in [2.45, 2.75) is 13.0 Å². The summed E-state index contributed by atoms with van der Waals surface area (Å²) in [7, 11) is 0. The Bertz CT molecular complexity index is 884.